The largest absolute Gasteiger partial charge is 0.464 e. The average molecular weight is 362 g/mol. The van der Waals surface area contributed by atoms with Crippen LogP contribution >= 0.6 is 15.9 Å². The first-order valence-corrected chi connectivity index (χ1v) is 7.23. The number of nitrogens with zero attached hydrogens (tertiary/aromatic N) is 2. The van der Waals surface area contributed by atoms with Gasteiger partial charge >= 0.3 is 12.1 Å². The molecule has 0 aliphatic carbocycles. The van der Waals surface area contributed by atoms with Crippen molar-refractivity contribution in [3.63, 3.8) is 0 Å². The number of hydrogen-bond donors (Lipinski definition) is 1. The number of alkyl carbamates (subject to hydrolysis) is 1. The molecule has 0 aromatic carbocycles. The van der Waals surface area contributed by atoms with Crippen molar-refractivity contribution in [3.05, 3.63) is 16.4 Å². The van der Waals surface area contributed by atoms with Crippen LogP contribution in [0.2, 0.25) is 0 Å². The number of nitrogens with one attached hydrogen (secondary N) is 1. The van der Waals surface area contributed by atoms with E-state index in [0.717, 1.165) is 0 Å². The van der Waals surface area contributed by atoms with Crippen LogP contribution < -0.4 is 5.32 Å². The van der Waals surface area contributed by atoms with E-state index in [0.29, 0.717) is 10.3 Å². The fourth-order valence-corrected chi connectivity index (χ4v) is 1.98. The molecule has 0 saturated carbocycles. The lowest BCUT2D eigenvalue weighted by Gasteiger charge is -2.21. The first kappa shape index (κ1) is 17.5. The number of ether oxygens (including phenoxy) is 2. The third-order valence-corrected chi connectivity index (χ3v) is 2.85. The number of esters is 1. The Hall–Kier alpha value is -1.57. The lowest BCUT2D eigenvalue weighted by atomic mass is 10.2. The Morgan fingerprint density at radius 2 is 2.10 bits per heavy atom. The number of amides is 1. The summed E-state index contributed by atoms with van der Waals surface area (Å²) in [6.07, 6.45) is -0.514. The molecule has 0 aliphatic heterocycles. The second kappa shape index (κ2) is 6.93. The van der Waals surface area contributed by atoms with E-state index < -0.39 is 17.7 Å². The van der Waals surface area contributed by atoms with Gasteiger partial charge in [-0.2, -0.15) is 5.10 Å². The molecule has 1 aromatic heterocycles. The Morgan fingerprint density at radius 3 is 2.62 bits per heavy atom. The number of carbonyl (C=O) groups is 2. The first-order valence-electron chi connectivity index (χ1n) is 6.44. The van der Waals surface area contributed by atoms with E-state index in [1.54, 1.807) is 26.8 Å². The molecule has 1 heterocycles. The van der Waals surface area contributed by atoms with Crippen LogP contribution in [0.25, 0.3) is 0 Å². The predicted octanol–water partition coefficient (Wildman–Crippen LogP) is 2.52. The molecule has 21 heavy (non-hydrogen) atoms. The van der Waals surface area contributed by atoms with E-state index in [9.17, 15) is 9.59 Å². The normalized spacial score (nSPS) is 12.7. The molecule has 0 fully saturated rings. The minimum absolute atomic E-state index is 0.238. The zero-order valence-corrected chi connectivity index (χ0v) is 14.4. The van der Waals surface area contributed by atoms with Crippen molar-refractivity contribution >= 4 is 28.0 Å². The third-order valence-electron chi connectivity index (χ3n) is 2.46. The second-order valence-corrected chi connectivity index (χ2v) is 6.33. The number of aromatic nitrogens is 2. The molecule has 1 aromatic rings. The van der Waals surface area contributed by atoms with Gasteiger partial charge in [0.15, 0.2) is 0 Å². The van der Waals surface area contributed by atoms with Gasteiger partial charge < -0.3 is 14.8 Å². The van der Waals surface area contributed by atoms with Gasteiger partial charge in [0, 0.05) is 12.6 Å². The van der Waals surface area contributed by atoms with Crippen molar-refractivity contribution in [3.8, 4) is 0 Å². The van der Waals surface area contributed by atoms with Crippen molar-refractivity contribution in [1.29, 1.82) is 0 Å². The Morgan fingerprint density at radius 1 is 1.48 bits per heavy atom. The summed E-state index contributed by atoms with van der Waals surface area (Å²) in [5.74, 6) is -0.489. The van der Waals surface area contributed by atoms with Crippen molar-refractivity contribution in [1.82, 2.24) is 15.1 Å². The number of carbonyl (C=O) groups excluding carboxylic acids is 2. The number of halogens is 1. The highest BCUT2D eigenvalue weighted by Crippen LogP contribution is 2.16. The van der Waals surface area contributed by atoms with Gasteiger partial charge in [-0.15, -0.1) is 0 Å². The lowest BCUT2D eigenvalue weighted by Crippen LogP contribution is -2.36. The summed E-state index contributed by atoms with van der Waals surface area (Å²) in [6.45, 7) is 7.46. The monoisotopic (exact) mass is 361 g/mol. The van der Waals surface area contributed by atoms with Gasteiger partial charge in [0.2, 0.25) is 0 Å². The SMILES string of the molecule is COC(=O)c1cc(Br)nn1[C@@H](C)CNC(=O)OC(C)(C)C. The van der Waals surface area contributed by atoms with Crippen LogP contribution in [0.15, 0.2) is 10.7 Å². The fourth-order valence-electron chi connectivity index (χ4n) is 1.59. The Balaban J connectivity index is 2.70. The molecule has 7 nitrogen and oxygen atoms in total. The fraction of sp³-hybridized carbons (Fsp3) is 0.615. The maximum Gasteiger partial charge on any atom is 0.407 e. The van der Waals surface area contributed by atoms with Crippen LogP contribution in [0.5, 0.6) is 0 Å². The molecule has 0 saturated heterocycles. The molecule has 0 radical (unpaired) electrons. The first-order chi connectivity index (χ1) is 9.64. The van der Waals surface area contributed by atoms with E-state index in [-0.39, 0.29) is 12.6 Å². The predicted molar refractivity (Wildman–Crippen MR) is 80.2 cm³/mol. The van der Waals surface area contributed by atoms with Gasteiger partial charge in [-0.05, 0) is 43.6 Å². The molecule has 1 N–H and O–H groups in total. The molecular formula is C13H20BrN3O4. The topological polar surface area (TPSA) is 82.5 Å². The van der Waals surface area contributed by atoms with Crippen molar-refractivity contribution in [2.75, 3.05) is 13.7 Å². The van der Waals surface area contributed by atoms with Crippen molar-refractivity contribution < 1.29 is 19.1 Å². The summed E-state index contributed by atoms with van der Waals surface area (Å²) in [5, 5.41) is 6.81. The number of rotatable bonds is 4. The van der Waals surface area contributed by atoms with Gasteiger partial charge in [0.1, 0.15) is 15.9 Å². The van der Waals surface area contributed by atoms with Gasteiger partial charge in [-0.25, -0.2) is 9.59 Å². The molecular weight excluding hydrogens is 342 g/mol. The molecule has 1 rings (SSSR count). The summed E-state index contributed by atoms with van der Waals surface area (Å²) in [6, 6.07) is 1.33. The van der Waals surface area contributed by atoms with Gasteiger partial charge in [-0.3, -0.25) is 4.68 Å². The minimum atomic E-state index is -0.556. The summed E-state index contributed by atoms with van der Waals surface area (Å²) >= 11 is 3.22. The van der Waals surface area contributed by atoms with Gasteiger partial charge in [0.05, 0.1) is 13.2 Å². The number of hydrogen-bond acceptors (Lipinski definition) is 5. The standard InChI is InChI=1S/C13H20BrN3O4/c1-8(7-15-12(19)21-13(2,3)4)17-9(11(18)20-5)6-10(14)16-17/h6,8H,7H2,1-5H3,(H,15,19)/t8-/m0/s1. The van der Waals surface area contributed by atoms with Crippen molar-refractivity contribution in [2.24, 2.45) is 0 Å². The molecule has 118 valence electrons. The average Bonchev–Trinajstić information content (AvgIpc) is 2.75. The molecule has 0 bridgehead atoms. The highest BCUT2D eigenvalue weighted by molar-refractivity contribution is 9.10. The zero-order chi connectivity index (χ0) is 16.2. The maximum atomic E-state index is 11.7. The smallest absolute Gasteiger partial charge is 0.407 e. The van der Waals surface area contributed by atoms with Crippen LogP contribution in [0, 0.1) is 0 Å². The van der Waals surface area contributed by atoms with E-state index in [1.807, 2.05) is 6.92 Å². The van der Waals surface area contributed by atoms with Crippen molar-refractivity contribution in [2.45, 2.75) is 39.3 Å². The quantitative estimate of drug-likeness (QED) is 0.833. The molecule has 1 amide bonds. The zero-order valence-electron chi connectivity index (χ0n) is 12.8. The Kier molecular flexibility index (Phi) is 5.77. The van der Waals surface area contributed by atoms with E-state index in [2.05, 4.69) is 26.3 Å². The number of methoxy groups -OCH3 is 1. The minimum Gasteiger partial charge on any atom is -0.464 e. The lowest BCUT2D eigenvalue weighted by molar-refractivity contribution is 0.0520. The Bertz CT molecular complexity index is 522. The Labute approximate surface area is 132 Å². The summed E-state index contributed by atoms with van der Waals surface area (Å²) in [4.78, 5) is 23.3. The van der Waals surface area contributed by atoms with Crippen LogP contribution in [0.3, 0.4) is 0 Å². The van der Waals surface area contributed by atoms with E-state index in [4.69, 9.17) is 9.47 Å². The molecule has 8 heteroatoms. The second-order valence-electron chi connectivity index (χ2n) is 5.52. The van der Waals surface area contributed by atoms with Gasteiger partial charge in [0.25, 0.3) is 0 Å². The van der Waals surface area contributed by atoms with Crippen LogP contribution in [-0.2, 0) is 9.47 Å². The summed E-state index contributed by atoms with van der Waals surface area (Å²) < 4.78 is 11.9. The third kappa shape index (κ3) is 5.37. The molecule has 0 aliphatic rings. The molecule has 0 spiro atoms. The van der Waals surface area contributed by atoms with Crippen LogP contribution in [-0.4, -0.2) is 41.1 Å². The van der Waals surface area contributed by atoms with Crippen LogP contribution in [0.4, 0.5) is 4.79 Å². The molecule has 0 unspecified atom stereocenters. The molecule has 1 atom stereocenters. The van der Waals surface area contributed by atoms with Crippen LogP contribution in [0.1, 0.15) is 44.2 Å². The van der Waals surface area contributed by atoms with E-state index >= 15 is 0 Å². The van der Waals surface area contributed by atoms with E-state index in [1.165, 1.54) is 11.8 Å². The highest BCUT2D eigenvalue weighted by atomic mass is 79.9. The van der Waals surface area contributed by atoms with Gasteiger partial charge in [-0.1, -0.05) is 0 Å². The highest BCUT2D eigenvalue weighted by Gasteiger charge is 2.21. The summed E-state index contributed by atoms with van der Waals surface area (Å²) in [5.41, 5.74) is -0.248. The summed E-state index contributed by atoms with van der Waals surface area (Å²) in [7, 11) is 1.30. The maximum absolute atomic E-state index is 11.7.